The Morgan fingerprint density at radius 2 is 1.88 bits per heavy atom. The van der Waals surface area contributed by atoms with Crippen LogP contribution in [-0.2, 0) is 11.2 Å². The largest absolute Gasteiger partial charge is 0.493 e. The first-order valence-electron chi connectivity index (χ1n) is 11.6. The fourth-order valence-corrected chi connectivity index (χ4v) is 3.78. The van der Waals surface area contributed by atoms with Crippen molar-refractivity contribution in [3.63, 3.8) is 0 Å². The molecule has 178 valence electrons. The lowest BCUT2D eigenvalue weighted by molar-refractivity contribution is -0.131. The minimum absolute atomic E-state index is 0.119. The Morgan fingerprint density at radius 3 is 2.59 bits per heavy atom. The highest BCUT2D eigenvalue weighted by Crippen LogP contribution is 2.36. The quantitative estimate of drug-likeness (QED) is 0.340. The molecule has 1 aliphatic heterocycles. The monoisotopic (exact) mass is 463 g/mol. The van der Waals surface area contributed by atoms with Gasteiger partial charge in [0.05, 0.1) is 37.0 Å². The third-order valence-corrected chi connectivity index (χ3v) is 5.44. The second kappa shape index (κ2) is 12.4. The maximum Gasteiger partial charge on any atom is 0.328 e. The number of hydrogen-bond acceptors (Lipinski definition) is 6. The summed E-state index contributed by atoms with van der Waals surface area (Å²) in [6, 6.07) is 10.6. The van der Waals surface area contributed by atoms with Crippen LogP contribution in [0.4, 0.5) is 0 Å². The van der Waals surface area contributed by atoms with E-state index in [9.17, 15) is 9.59 Å². The molecule has 0 aromatic heterocycles. The van der Waals surface area contributed by atoms with E-state index in [1.807, 2.05) is 12.1 Å². The maximum atomic E-state index is 12.2. The van der Waals surface area contributed by atoms with E-state index < -0.39 is 5.97 Å². The second-order valence-electron chi connectivity index (χ2n) is 7.98. The van der Waals surface area contributed by atoms with E-state index in [1.54, 1.807) is 24.3 Å². The lowest BCUT2D eigenvalue weighted by Gasteiger charge is -2.22. The van der Waals surface area contributed by atoms with Crippen LogP contribution in [-0.4, -0.2) is 36.7 Å². The van der Waals surface area contributed by atoms with E-state index in [4.69, 9.17) is 24.6 Å². The van der Waals surface area contributed by atoms with Crippen LogP contribution in [0.5, 0.6) is 17.2 Å². The number of unbranched alkanes of at least 4 members (excludes halogenated alkanes) is 2. The molecule has 0 aliphatic carbocycles. The number of carbonyl (C=O) groups excluding carboxylic acids is 1. The molecular formula is C27H29NO6. The van der Waals surface area contributed by atoms with Crippen LogP contribution in [0.3, 0.4) is 0 Å². The summed E-state index contributed by atoms with van der Waals surface area (Å²) in [5.41, 5.74) is 2.62. The number of ether oxygens (including phenoxy) is 3. The molecule has 0 fully saturated rings. The Labute approximate surface area is 199 Å². The van der Waals surface area contributed by atoms with Crippen molar-refractivity contribution in [3.8, 4) is 23.3 Å². The van der Waals surface area contributed by atoms with Crippen molar-refractivity contribution in [2.45, 2.75) is 45.4 Å². The third kappa shape index (κ3) is 6.61. The normalized spacial score (nSPS) is 12.6. The summed E-state index contributed by atoms with van der Waals surface area (Å²) in [5.74, 6) is 1.06. The Kier molecular flexibility index (Phi) is 9.10. The van der Waals surface area contributed by atoms with Crippen molar-refractivity contribution >= 4 is 17.8 Å². The summed E-state index contributed by atoms with van der Waals surface area (Å²) < 4.78 is 17.6. The van der Waals surface area contributed by atoms with E-state index in [-0.39, 0.29) is 5.78 Å². The number of nitrogens with zero attached hydrogens (tertiary/aromatic N) is 1. The van der Waals surface area contributed by atoms with E-state index in [0.717, 1.165) is 49.5 Å². The average molecular weight is 464 g/mol. The maximum absolute atomic E-state index is 12.2. The number of hydrogen-bond donors (Lipinski definition) is 1. The van der Waals surface area contributed by atoms with Crippen molar-refractivity contribution in [2.75, 3.05) is 19.8 Å². The van der Waals surface area contributed by atoms with Gasteiger partial charge in [-0.2, -0.15) is 5.26 Å². The zero-order valence-electron chi connectivity index (χ0n) is 19.3. The van der Waals surface area contributed by atoms with Crippen molar-refractivity contribution in [2.24, 2.45) is 0 Å². The van der Waals surface area contributed by atoms with Crippen LogP contribution in [0.25, 0.3) is 6.08 Å². The van der Waals surface area contributed by atoms with Gasteiger partial charge in [0.15, 0.2) is 5.78 Å². The first-order valence-corrected chi connectivity index (χ1v) is 11.6. The van der Waals surface area contributed by atoms with Crippen LogP contribution in [0.15, 0.2) is 36.4 Å². The topological polar surface area (TPSA) is 106 Å². The Hall–Kier alpha value is -3.79. The second-order valence-corrected chi connectivity index (χ2v) is 7.98. The fraction of sp³-hybridized carbons (Fsp3) is 0.370. The third-order valence-electron chi connectivity index (χ3n) is 5.44. The molecule has 0 amide bonds. The number of carboxylic acids is 1. The Balaban J connectivity index is 1.48. The first kappa shape index (κ1) is 24.8. The van der Waals surface area contributed by atoms with Gasteiger partial charge in [0, 0.05) is 23.6 Å². The van der Waals surface area contributed by atoms with Gasteiger partial charge in [-0.25, -0.2) is 4.79 Å². The number of rotatable bonds is 12. The Bertz CT molecular complexity index is 1100. The molecule has 0 spiro atoms. The molecule has 2 aromatic carbocycles. The van der Waals surface area contributed by atoms with Gasteiger partial charge in [0.2, 0.25) is 0 Å². The van der Waals surface area contributed by atoms with Gasteiger partial charge in [-0.15, -0.1) is 0 Å². The highest BCUT2D eigenvalue weighted by molar-refractivity contribution is 6.00. The molecule has 7 nitrogen and oxygen atoms in total. The number of fused-ring (bicyclic) bond motifs is 1. The van der Waals surface area contributed by atoms with Crippen LogP contribution in [0.2, 0.25) is 0 Å². The molecule has 7 heteroatoms. The van der Waals surface area contributed by atoms with Crippen LogP contribution >= 0.6 is 0 Å². The molecule has 0 unspecified atom stereocenters. The predicted octanol–water partition coefficient (Wildman–Crippen LogP) is 5.20. The first-order chi connectivity index (χ1) is 16.5. The lowest BCUT2D eigenvalue weighted by atomic mass is 9.98. The summed E-state index contributed by atoms with van der Waals surface area (Å²) in [6.45, 7) is 3.52. The molecule has 0 atom stereocenters. The van der Waals surface area contributed by atoms with Crippen molar-refractivity contribution in [1.82, 2.24) is 0 Å². The zero-order chi connectivity index (χ0) is 24.3. The fourth-order valence-electron chi connectivity index (χ4n) is 3.78. The Morgan fingerprint density at radius 1 is 1.15 bits per heavy atom. The van der Waals surface area contributed by atoms with Gasteiger partial charge in [0.25, 0.3) is 0 Å². The molecule has 34 heavy (non-hydrogen) atoms. The molecule has 0 radical (unpaired) electrons. The van der Waals surface area contributed by atoms with Gasteiger partial charge in [-0.1, -0.05) is 13.3 Å². The molecule has 0 saturated carbocycles. The van der Waals surface area contributed by atoms with Gasteiger partial charge in [0.1, 0.15) is 17.2 Å². The molecule has 2 aromatic rings. The predicted molar refractivity (Wildman–Crippen MR) is 128 cm³/mol. The smallest absolute Gasteiger partial charge is 0.328 e. The summed E-state index contributed by atoms with van der Waals surface area (Å²) in [7, 11) is 0. The molecule has 0 saturated heterocycles. The highest BCUT2D eigenvalue weighted by Gasteiger charge is 2.23. The van der Waals surface area contributed by atoms with E-state index >= 15 is 0 Å². The summed E-state index contributed by atoms with van der Waals surface area (Å²) in [5, 5.41) is 17.9. The number of ketones is 1. The number of carbonyl (C=O) groups is 2. The van der Waals surface area contributed by atoms with Gasteiger partial charge < -0.3 is 19.3 Å². The number of benzene rings is 2. The van der Waals surface area contributed by atoms with E-state index in [1.165, 1.54) is 6.08 Å². The number of aliphatic carboxylic acids is 1. The molecular weight excluding hydrogens is 434 g/mol. The minimum Gasteiger partial charge on any atom is -0.493 e. The van der Waals surface area contributed by atoms with Gasteiger partial charge >= 0.3 is 5.97 Å². The van der Waals surface area contributed by atoms with Gasteiger partial charge in [-0.05, 0) is 62.1 Å². The van der Waals surface area contributed by atoms with Crippen molar-refractivity contribution < 1.29 is 28.9 Å². The summed E-state index contributed by atoms with van der Waals surface area (Å²) in [6.07, 6.45) is 7.12. The number of carboxylic acid groups (broad SMARTS) is 1. The molecule has 0 bridgehead atoms. The minimum atomic E-state index is -1.06. The van der Waals surface area contributed by atoms with Crippen LogP contribution in [0.1, 0.15) is 66.1 Å². The molecule has 3 rings (SSSR count). The molecule has 1 heterocycles. The SMILES string of the molecule is CCCc1c(OCCCCCOc2ccc(C#N)cc2/C=C/C(=O)O)ccc2c1OCCC2=O. The van der Waals surface area contributed by atoms with Crippen molar-refractivity contribution in [3.05, 3.63) is 58.7 Å². The van der Waals surface area contributed by atoms with Crippen LogP contribution < -0.4 is 14.2 Å². The standard InChI is InChI=1S/C27H29NO6/c1-2-6-22-25(11-9-21-23(29)13-16-34-27(21)22)33-15-5-3-4-14-32-24-10-7-19(18-28)17-20(24)8-12-26(30)31/h7-12,17H,2-6,13-16H2,1H3,(H,30,31)/b12-8+. The van der Waals surface area contributed by atoms with Crippen LogP contribution in [0, 0.1) is 11.3 Å². The highest BCUT2D eigenvalue weighted by atomic mass is 16.5. The number of Topliss-reactive ketones (excluding diaryl/α,β-unsaturated/α-hetero) is 1. The van der Waals surface area contributed by atoms with E-state index in [0.29, 0.717) is 54.4 Å². The summed E-state index contributed by atoms with van der Waals surface area (Å²) in [4.78, 5) is 23.0. The van der Waals surface area contributed by atoms with E-state index in [2.05, 4.69) is 6.92 Å². The average Bonchev–Trinajstić information content (AvgIpc) is 2.83. The zero-order valence-corrected chi connectivity index (χ0v) is 19.3. The molecule has 1 aliphatic rings. The molecule has 1 N–H and O–H groups in total. The summed E-state index contributed by atoms with van der Waals surface area (Å²) >= 11 is 0. The lowest BCUT2D eigenvalue weighted by Crippen LogP contribution is -2.17. The number of nitriles is 1. The van der Waals surface area contributed by atoms with Crippen molar-refractivity contribution in [1.29, 1.82) is 5.26 Å². The van der Waals surface area contributed by atoms with Gasteiger partial charge in [-0.3, -0.25) is 4.79 Å².